The summed E-state index contributed by atoms with van der Waals surface area (Å²) in [4.78, 5) is 11.0. The van der Waals surface area contributed by atoms with Gasteiger partial charge in [0.15, 0.2) is 6.54 Å². The van der Waals surface area contributed by atoms with Crippen LogP contribution in [-0.2, 0) is 4.79 Å². The fourth-order valence-electron chi connectivity index (χ4n) is 4.43. The molecule has 0 aromatic heterocycles. The van der Waals surface area contributed by atoms with Crippen molar-refractivity contribution >= 4 is 5.97 Å². The number of hydroxylamine groups is 1. The molecular weight excluding hydrogens is 388 g/mol. The smallest absolute Gasteiger partial charge is 0.359 e. The SMILES string of the molecule is CCCCCCCCCCCCCCCCCC(CCC[N+](C)(CC)CC(=O)O)NO. The Morgan fingerprint density at radius 3 is 1.55 bits per heavy atom. The molecule has 0 spiro atoms. The van der Waals surface area contributed by atoms with E-state index in [4.69, 9.17) is 5.11 Å². The first-order valence-corrected chi connectivity index (χ1v) is 13.4. The third kappa shape index (κ3) is 19.7. The maximum atomic E-state index is 11.0. The molecule has 0 aliphatic heterocycles. The van der Waals surface area contributed by atoms with Crippen molar-refractivity contribution in [3.63, 3.8) is 0 Å². The average molecular weight is 444 g/mol. The second-order valence-corrected chi connectivity index (χ2v) is 9.92. The fraction of sp³-hybridized carbons (Fsp3) is 0.962. The number of hydrogen-bond acceptors (Lipinski definition) is 3. The number of aliphatic carboxylic acids is 1. The predicted molar refractivity (Wildman–Crippen MR) is 132 cm³/mol. The van der Waals surface area contributed by atoms with Gasteiger partial charge in [0.25, 0.3) is 0 Å². The van der Waals surface area contributed by atoms with Gasteiger partial charge in [-0.2, -0.15) is 0 Å². The summed E-state index contributed by atoms with van der Waals surface area (Å²) in [6, 6.07) is 0.136. The Kier molecular flexibility index (Phi) is 20.8. The number of nitrogens with one attached hydrogen (secondary N) is 1. The molecule has 0 aliphatic carbocycles. The van der Waals surface area contributed by atoms with E-state index in [2.05, 4.69) is 12.4 Å². The third-order valence-corrected chi connectivity index (χ3v) is 6.87. The highest BCUT2D eigenvalue weighted by Crippen LogP contribution is 2.15. The monoisotopic (exact) mass is 443 g/mol. The Morgan fingerprint density at radius 2 is 1.16 bits per heavy atom. The van der Waals surface area contributed by atoms with Gasteiger partial charge in [-0.05, 0) is 26.2 Å². The van der Waals surface area contributed by atoms with Gasteiger partial charge in [0.1, 0.15) is 0 Å². The van der Waals surface area contributed by atoms with E-state index in [1.165, 1.54) is 89.9 Å². The van der Waals surface area contributed by atoms with E-state index in [1.54, 1.807) is 0 Å². The second-order valence-electron chi connectivity index (χ2n) is 9.92. The van der Waals surface area contributed by atoms with Crippen LogP contribution in [0.25, 0.3) is 0 Å². The molecule has 0 rings (SSSR count). The topological polar surface area (TPSA) is 69.6 Å². The minimum Gasteiger partial charge on any atom is -0.477 e. The maximum absolute atomic E-state index is 11.0. The van der Waals surface area contributed by atoms with E-state index >= 15 is 0 Å². The first-order valence-electron chi connectivity index (χ1n) is 13.4. The third-order valence-electron chi connectivity index (χ3n) is 6.87. The van der Waals surface area contributed by atoms with Crippen LogP contribution in [0.1, 0.15) is 129 Å². The van der Waals surface area contributed by atoms with Gasteiger partial charge in [-0.15, -0.1) is 0 Å². The molecule has 0 bridgehead atoms. The summed E-state index contributed by atoms with van der Waals surface area (Å²) in [5.41, 5.74) is 2.47. The molecule has 2 atom stereocenters. The van der Waals surface area contributed by atoms with E-state index in [0.717, 1.165) is 38.8 Å². The summed E-state index contributed by atoms with van der Waals surface area (Å²) < 4.78 is 0.562. The van der Waals surface area contributed by atoms with Crippen molar-refractivity contribution in [3.8, 4) is 0 Å². The van der Waals surface area contributed by atoms with Crippen LogP contribution in [0.15, 0.2) is 0 Å². The number of unbranched alkanes of at least 4 members (excludes halogenated alkanes) is 14. The van der Waals surface area contributed by atoms with Crippen molar-refractivity contribution in [2.45, 2.75) is 135 Å². The quantitative estimate of drug-likeness (QED) is 0.0859. The van der Waals surface area contributed by atoms with Gasteiger partial charge in [0.2, 0.25) is 0 Å². The number of rotatable bonds is 24. The van der Waals surface area contributed by atoms with Gasteiger partial charge >= 0.3 is 5.97 Å². The Labute approximate surface area is 193 Å². The summed E-state index contributed by atoms with van der Waals surface area (Å²) in [5.74, 6) is -0.737. The van der Waals surface area contributed by atoms with Crippen LogP contribution >= 0.6 is 0 Å². The first-order chi connectivity index (χ1) is 15.0. The number of nitrogens with zero attached hydrogens (tertiary/aromatic N) is 1. The van der Waals surface area contributed by atoms with Gasteiger partial charge in [-0.3, -0.25) is 0 Å². The largest absolute Gasteiger partial charge is 0.477 e. The van der Waals surface area contributed by atoms with Crippen molar-refractivity contribution in [2.75, 3.05) is 26.7 Å². The predicted octanol–water partition coefficient (Wildman–Crippen LogP) is 6.93. The molecule has 0 saturated heterocycles. The maximum Gasteiger partial charge on any atom is 0.359 e. The molecule has 186 valence electrons. The molecule has 0 amide bonds. The molecule has 0 fully saturated rings. The van der Waals surface area contributed by atoms with Crippen LogP contribution in [-0.4, -0.2) is 53.5 Å². The molecular formula is C26H55N2O3+. The molecule has 0 heterocycles. The highest BCUT2D eigenvalue weighted by Gasteiger charge is 2.23. The van der Waals surface area contributed by atoms with Crippen molar-refractivity contribution in [3.05, 3.63) is 0 Å². The Hall–Kier alpha value is -0.650. The van der Waals surface area contributed by atoms with Gasteiger partial charge < -0.3 is 14.8 Å². The minimum absolute atomic E-state index is 0.136. The minimum atomic E-state index is -0.737. The Morgan fingerprint density at radius 1 is 0.742 bits per heavy atom. The number of quaternary nitrogens is 1. The van der Waals surface area contributed by atoms with E-state index in [0.29, 0.717) is 4.48 Å². The van der Waals surface area contributed by atoms with Crippen LogP contribution in [0.2, 0.25) is 0 Å². The van der Waals surface area contributed by atoms with E-state index in [9.17, 15) is 10.0 Å². The lowest BCUT2D eigenvalue weighted by Crippen LogP contribution is -2.48. The average Bonchev–Trinajstić information content (AvgIpc) is 2.74. The molecule has 5 heteroatoms. The summed E-state index contributed by atoms with van der Waals surface area (Å²) in [7, 11) is 2.00. The zero-order chi connectivity index (χ0) is 23.2. The second kappa shape index (κ2) is 21.2. The first kappa shape index (κ1) is 30.4. The molecule has 0 aliphatic rings. The Bertz CT molecular complexity index is 406. The van der Waals surface area contributed by atoms with E-state index in [-0.39, 0.29) is 12.6 Å². The number of hydrogen-bond donors (Lipinski definition) is 3. The van der Waals surface area contributed by atoms with Crippen LogP contribution in [0, 0.1) is 0 Å². The summed E-state index contributed by atoms with van der Waals surface area (Å²) in [5, 5.41) is 18.5. The highest BCUT2D eigenvalue weighted by atomic mass is 16.5. The van der Waals surface area contributed by atoms with Crippen molar-refractivity contribution in [1.82, 2.24) is 5.48 Å². The summed E-state index contributed by atoms with van der Waals surface area (Å²) in [6.45, 7) is 6.16. The van der Waals surface area contributed by atoms with Crippen LogP contribution in [0.5, 0.6) is 0 Å². The van der Waals surface area contributed by atoms with Gasteiger partial charge in [0, 0.05) is 6.04 Å². The van der Waals surface area contributed by atoms with Crippen molar-refractivity contribution in [1.29, 1.82) is 0 Å². The molecule has 31 heavy (non-hydrogen) atoms. The van der Waals surface area contributed by atoms with Crippen LogP contribution < -0.4 is 5.48 Å². The molecule has 0 saturated carbocycles. The van der Waals surface area contributed by atoms with E-state index in [1.807, 2.05) is 14.0 Å². The normalized spacial score (nSPS) is 14.5. The standard InChI is InChI=1S/C26H54N2O3/c1-4-6-7-8-9-10-11-12-13-14-15-16-17-18-19-21-25(27-31)22-20-23-28(3,5-2)24-26(29)30/h25,27,31H,4-24H2,1-3H3/p+1. The van der Waals surface area contributed by atoms with Gasteiger partial charge in [0.05, 0.1) is 20.1 Å². The zero-order valence-electron chi connectivity index (χ0n) is 21.2. The lowest BCUT2D eigenvalue weighted by Gasteiger charge is -2.32. The van der Waals surface area contributed by atoms with Crippen LogP contribution in [0.3, 0.4) is 0 Å². The Balaban J connectivity index is 3.52. The van der Waals surface area contributed by atoms with Crippen molar-refractivity contribution < 1.29 is 19.6 Å². The summed E-state index contributed by atoms with van der Waals surface area (Å²) in [6.07, 6.45) is 23.4. The number of carboxylic acid groups (broad SMARTS) is 1. The molecule has 0 aromatic rings. The number of carboxylic acids is 1. The van der Waals surface area contributed by atoms with Gasteiger partial charge in [-0.1, -0.05) is 103 Å². The lowest BCUT2D eigenvalue weighted by molar-refractivity contribution is -0.901. The van der Waals surface area contributed by atoms with E-state index < -0.39 is 5.97 Å². The van der Waals surface area contributed by atoms with Crippen molar-refractivity contribution in [2.24, 2.45) is 0 Å². The highest BCUT2D eigenvalue weighted by molar-refractivity contribution is 5.67. The fourth-order valence-corrected chi connectivity index (χ4v) is 4.43. The number of likely N-dealkylation sites (N-methyl/N-ethyl adjacent to an activating group) is 1. The molecule has 3 N–H and O–H groups in total. The lowest BCUT2D eigenvalue weighted by atomic mass is 10.0. The number of carbonyl (C=O) groups is 1. The molecule has 5 nitrogen and oxygen atoms in total. The van der Waals surface area contributed by atoms with Gasteiger partial charge in [-0.25, -0.2) is 10.3 Å². The summed E-state index contributed by atoms with van der Waals surface area (Å²) >= 11 is 0. The molecule has 0 radical (unpaired) electrons. The molecule has 2 unspecified atom stereocenters. The molecule has 0 aromatic carbocycles. The van der Waals surface area contributed by atoms with Crippen LogP contribution in [0.4, 0.5) is 0 Å². The zero-order valence-corrected chi connectivity index (χ0v) is 21.2.